The molecule has 29 heavy (non-hydrogen) atoms. The Labute approximate surface area is 170 Å². The van der Waals surface area contributed by atoms with Crippen LogP contribution in [0.1, 0.15) is 24.8 Å². The van der Waals surface area contributed by atoms with Gasteiger partial charge in [-0.2, -0.15) is 13.7 Å². The number of fused-ring (bicyclic) bond motifs is 1. The summed E-state index contributed by atoms with van der Waals surface area (Å²) in [6.45, 7) is 1.77. The molecular weight excluding hydrogens is 394 g/mol. The molecule has 1 saturated heterocycles. The number of methoxy groups -OCH3 is 2. The fourth-order valence-electron chi connectivity index (χ4n) is 3.75. The number of pyridine rings is 1. The number of anilines is 1. The standard InChI is InChI=1S/C19H25N5O4S/c1-27-17-8-15-16(9-18(17)28-2)22-12-14(10-20)19(15)24-6-3-4-13(5-7-24)11-23-29(21,25)26/h8-9,12-13,23H,3-7,11H2,1-2H3,(H2,21,25,26)/t13-/m1/s1. The van der Waals surface area contributed by atoms with E-state index in [1.54, 1.807) is 26.5 Å². The van der Waals surface area contributed by atoms with Crippen LogP contribution in [0.5, 0.6) is 11.5 Å². The predicted octanol–water partition coefficient (Wildman–Crippen LogP) is 1.52. The third-order valence-electron chi connectivity index (χ3n) is 5.20. The molecule has 1 aromatic heterocycles. The van der Waals surface area contributed by atoms with Crippen molar-refractivity contribution in [3.8, 4) is 17.6 Å². The number of nitriles is 1. The number of aromatic nitrogens is 1. The van der Waals surface area contributed by atoms with E-state index in [1.165, 1.54) is 0 Å². The normalized spacial score (nSPS) is 17.6. The largest absolute Gasteiger partial charge is 0.493 e. The first-order chi connectivity index (χ1) is 13.9. The summed E-state index contributed by atoms with van der Waals surface area (Å²) in [7, 11) is -0.558. The minimum Gasteiger partial charge on any atom is -0.493 e. The Morgan fingerprint density at radius 2 is 2.00 bits per heavy atom. The number of nitrogens with one attached hydrogen (secondary N) is 1. The zero-order chi connectivity index (χ0) is 21.0. The van der Waals surface area contributed by atoms with Gasteiger partial charge in [-0.05, 0) is 31.2 Å². The molecule has 10 heteroatoms. The highest BCUT2D eigenvalue weighted by molar-refractivity contribution is 7.87. The van der Waals surface area contributed by atoms with Gasteiger partial charge < -0.3 is 14.4 Å². The first-order valence-electron chi connectivity index (χ1n) is 9.33. The van der Waals surface area contributed by atoms with Crippen LogP contribution in [0.3, 0.4) is 0 Å². The smallest absolute Gasteiger partial charge is 0.274 e. The molecule has 9 nitrogen and oxygen atoms in total. The number of nitrogens with zero attached hydrogens (tertiary/aromatic N) is 3. The van der Waals surface area contributed by atoms with Gasteiger partial charge in [0.15, 0.2) is 11.5 Å². The van der Waals surface area contributed by atoms with Crippen molar-refractivity contribution in [1.29, 1.82) is 5.26 Å². The van der Waals surface area contributed by atoms with Gasteiger partial charge in [0.25, 0.3) is 10.2 Å². The van der Waals surface area contributed by atoms with E-state index in [9.17, 15) is 13.7 Å². The van der Waals surface area contributed by atoms with Crippen molar-refractivity contribution in [2.24, 2.45) is 11.1 Å². The molecule has 2 aromatic rings. The van der Waals surface area contributed by atoms with Crippen LogP contribution in [0, 0.1) is 17.2 Å². The number of nitrogens with two attached hydrogens (primary N) is 1. The highest BCUT2D eigenvalue weighted by Crippen LogP contribution is 2.38. The lowest BCUT2D eigenvalue weighted by molar-refractivity contribution is 0.356. The Hall–Kier alpha value is -2.61. The third kappa shape index (κ3) is 4.87. The summed E-state index contributed by atoms with van der Waals surface area (Å²) < 4.78 is 35.6. The number of hydrogen-bond donors (Lipinski definition) is 2. The first kappa shape index (κ1) is 21.1. The van der Waals surface area contributed by atoms with E-state index in [-0.39, 0.29) is 5.92 Å². The highest BCUT2D eigenvalue weighted by atomic mass is 32.2. The Balaban J connectivity index is 1.94. The molecule has 3 N–H and O–H groups in total. The van der Waals surface area contributed by atoms with Crippen LogP contribution in [0.2, 0.25) is 0 Å². The zero-order valence-corrected chi connectivity index (χ0v) is 17.3. The summed E-state index contributed by atoms with van der Waals surface area (Å²) >= 11 is 0. The van der Waals surface area contributed by atoms with Crippen LogP contribution in [0.4, 0.5) is 5.69 Å². The highest BCUT2D eigenvalue weighted by Gasteiger charge is 2.23. The van der Waals surface area contributed by atoms with Gasteiger partial charge >= 0.3 is 0 Å². The average Bonchev–Trinajstić information content (AvgIpc) is 2.95. The summed E-state index contributed by atoms with van der Waals surface area (Å²) in [5.41, 5.74) is 2.03. The lowest BCUT2D eigenvalue weighted by Crippen LogP contribution is -2.35. The van der Waals surface area contributed by atoms with Gasteiger partial charge in [-0.1, -0.05) is 0 Å². The van der Waals surface area contributed by atoms with Crippen LogP contribution in [0.25, 0.3) is 10.9 Å². The van der Waals surface area contributed by atoms with Gasteiger partial charge in [0.2, 0.25) is 0 Å². The fourth-order valence-corrected chi connectivity index (χ4v) is 4.22. The lowest BCUT2D eigenvalue weighted by atomic mass is 10.0. The average molecular weight is 420 g/mol. The van der Waals surface area contributed by atoms with Crippen molar-refractivity contribution in [2.45, 2.75) is 19.3 Å². The third-order valence-corrected chi connectivity index (χ3v) is 5.77. The Morgan fingerprint density at radius 3 is 2.66 bits per heavy atom. The zero-order valence-electron chi connectivity index (χ0n) is 16.5. The van der Waals surface area contributed by atoms with Crippen molar-refractivity contribution in [2.75, 3.05) is 38.8 Å². The molecule has 3 rings (SSSR count). The van der Waals surface area contributed by atoms with Crippen LogP contribution < -0.4 is 24.2 Å². The molecule has 0 bridgehead atoms. The van der Waals surface area contributed by atoms with Crippen molar-refractivity contribution in [3.05, 3.63) is 23.9 Å². The molecule has 0 saturated carbocycles. The molecule has 156 valence electrons. The monoisotopic (exact) mass is 419 g/mol. The van der Waals surface area contributed by atoms with E-state index in [1.807, 2.05) is 6.07 Å². The molecule has 1 aliphatic rings. The molecule has 0 spiro atoms. The number of benzene rings is 1. The van der Waals surface area contributed by atoms with Crippen LogP contribution in [-0.2, 0) is 10.2 Å². The van der Waals surface area contributed by atoms with Gasteiger partial charge in [-0.15, -0.1) is 0 Å². The van der Waals surface area contributed by atoms with Gasteiger partial charge in [0.1, 0.15) is 6.07 Å². The van der Waals surface area contributed by atoms with Gasteiger partial charge in [-0.25, -0.2) is 9.86 Å². The second kappa shape index (κ2) is 8.82. The molecule has 1 aromatic carbocycles. The Bertz CT molecular complexity index is 1040. The molecule has 1 aliphatic heterocycles. The molecule has 1 fully saturated rings. The summed E-state index contributed by atoms with van der Waals surface area (Å²) in [6, 6.07) is 5.89. The molecule has 1 atom stereocenters. The Kier molecular flexibility index (Phi) is 6.42. The van der Waals surface area contributed by atoms with E-state index < -0.39 is 10.2 Å². The maximum absolute atomic E-state index is 11.2. The fraction of sp³-hybridized carbons (Fsp3) is 0.474. The molecule has 0 unspecified atom stereocenters. The summed E-state index contributed by atoms with van der Waals surface area (Å²) in [6.07, 6.45) is 4.11. The maximum atomic E-state index is 11.2. The van der Waals surface area contributed by atoms with E-state index in [0.717, 1.165) is 36.9 Å². The van der Waals surface area contributed by atoms with Crippen LogP contribution in [0.15, 0.2) is 18.3 Å². The SMILES string of the molecule is COc1cc2ncc(C#N)c(N3CCC[C@@H](CNS(N)(=O)=O)CC3)c2cc1OC. The van der Waals surface area contributed by atoms with E-state index >= 15 is 0 Å². The number of ether oxygens (including phenoxy) is 2. The summed E-state index contributed by atoms with van der Waals surface area (Å²) in [5, 5.41) is 15.5. The van der Waals surface area contributed by atoms with E-state index in [0.29, 0.717) is 35.7 Å². The van der Waals surface area contributed by atoms with Crippen molar-refractivity contribution in [3.63, 3.8) is 0 Å². The van der Waals surface area contributed by atoms with Crippen molar-refractivity contribution >= 4 is 26.8 Å². The van der Waals surface area contributed by atoms with Crippen molar-refractivity contribution < 1.29 is 17.9 Å². The maximum Gasteiger partial charge on any atom is 0.274 e. The summed E-state index contributed by atoms with van der Waals surface area (Å²) in [5.74, 6) is 1.34. The van der Waals surface area contributed by atoms with E-state index in [2.05, 4.69) is 20.7 Å². The second-order valence-corrected chi connectivity index (χ2v) is 8.41. The first-order valence-corrected chi connectivity index (χ1v) is 10.9. The summed E-state index contributed by atoms with van der Waals surface area (Å²) in [4.78, 5) is 6.58. The molecular formula is C19H25N5O4S. The molecule has 0 amide bonds. The second-order valence-electron chi connectivity index (χ2n) is 7.03. The molecule has 0 radical (unpaired) electrons. The number of rotatable bonds is 6. The van der Waals surface area contributed by atoms with E-state index in [4.69, 9.17) is 14.6 Å². The van der Waals surface area contributed by atoms with Crippen LogP contribution >= 0.6 is 0 Å². The predicted molar refractivity (Wildman–Crippen MR) is 110 cm³/mol. The number of hydrogen-bond acceptors (Lipinski definition) is 7. The topological polar surface area (TPSA) is 131 Å². The van der Waals surface area contributed by atoms with Crippen LogP contribution in [-0.4, -0.2) is 47.3 Å². The van der Waals surface area contributed by atoms with Gasteiger partial charge in [-0.3, -0.25) is 4.98 Å². The Morgan fingerprint density at radius 1 is 1.28 bits per heavy atom. The van der Waals surface area contributed by atoms with Gasteiger partial charge in [0.05, 0.1) is 31.0 Å². The van der Waals surface area contributed by atoms with Crippen molar-refractivity contribution in [1.82, 2.24) is 9.71 Å². The molecule has 0 aliphatic carbocycles. The van der Waals surface area contributed by atoms with Gasteiger partial charge in [0, 0.05) is 37.3 Å². The minimum atomic E-state index is -3.70. The minimum absolute atomic E-state index is 0.187. The quantitative estimate of drug-likeness (QED) is 0.726. The molecule has 2 heterocycles. The lowest BCUT2D eigenvalue weighted by Gasteiger charge is -2.26.